The number of hydrogen-bond acceptors (Lipinski definition) is 4. The second kappa shape index (κ2) is 7.11. The average Bonchev–Trinajstić information content (AvgIpc) is 2.34. The molecule has 3 N–H and O–H groups in total. The molecular formula is C12H18N2OS3. The third-order valence-electron chi connectivity index (χ3n) is 2.64. The van der Waals surface area contributed by atoms with Gasteiger partial charge in [-0.15, -0.1) is 11.8 Å². The highest BCUT2D eigenvalue weighted by Crippen LogP contribution is 2.27. The molecule has 18 heavy (non-hydrogen) atoms. The van der Waals surface area contributed by atoms with Crippen LogP contribution in [0.2, 0.25) is 0 Å². The van der Waals surface area contributed by atoms with Crippen LogP contribution in [0, 0.1) is 0 Å². The fraction of sp³-hybridized carbons (Fsp3) is 0.417. The normalized spacial score (nSPS) is 13.9. The van der Waals surface area contributed by atoms with Gasteiger partial charge in [-0.1, -0.05) is 18.3 Å². The van der Waals surface area contributed by atoms with Gasteiger partial charge in [0.15, 0.2) is 0 Å². The van der Waals surface area contributed by atoms with Crippen molar-refractivity contribution in [1.82, 2.24) is 0 Å². The molecule has 0 bridgehead atoms. The molecule has 0 amide bonds. The van der Waals surface area contributed by atoms with Crippen molar-refractivity contribution in [2.75, 3.05) is 24.4 Å². The van der Waals surface area contributed by atoms with Crippen LogP contribution >= 0.6 is 24.0 Å². The summed E-state index contributed by atoms with van der Waals surface area (Å²) in [5, 5.41) is 3.36. The van der Waals surface area contributed by atoms with E-state index in [0.717, 1.165) is 16.1 Å². The van der Waals surface area contributed by atoms with Crippen molar-refractivity contribution < 1.29 is 4.21 Å². The minimum atomic E-state index is -0.840. The first-order valence-corrected chi connectivity index (χ1v) is 8.75. The summed E-state index contributed by atoms with van der Waals surface area (Å²) in [6.07, 6.45) is 3.70. The van der Waals surface area contributed by atoms with Crippen LogP contribution in [0.3, 0.4) is 0 Å². The number of thioether (sulfide) groups is 1. The summed E-state index contributed by atoms with van der Waals surface area (Å²) < 4.78 is 11.3. The van der Waals surface area contributed by atoms with E-state index < -0.39 is 10.8 Å². The number of nitrogens with two attached hydrogens (primary N) is 1. The third-order valence-corrected chi connectivity index (χ3v) is 4.92. The van der Waals surface area contributed by atoms with Crippen molar-refractivity contribution in [1.29, 1.82) is 0 Å². The van der Waals surface area contributed by atoms with Crippen molar-refractivity contribution in [2.24, 2.45) is 5.73 Å². The molecule has 0 heterocycles. The van der Waals surface area contributed by atoms with Gasteiger partial charge in [0.1, 0.15) is 4.99 Å². The molecule has 0 spiro atoms. The molecule has 1 rings (SSSR count). The van der Waals surface area contributed by atoms with Crippen LogP contribution in [0.25, 0.3) is 0 Å². The Kier molecular flexibility index (Phi) is 6.11. The Morgan fingerprint density at radius 2 is 2.28 bits per heavy atom. The monoisotopic (exact) mass is 302 g/mol. The zero-order valence-electron chi connectivity index (χ0n) is 10.7. The van der Waals surface area contributed by atoms with E-state index in [-0.39, 0.29) is 5.25 Å². The number of thiocarbonyl (C=S) groups is 1. The lowest BCUT2D eigenvalue weighted by molar-refractivity contribution is 0.679. The molecule has 1 aromatic carbocycles. The van der Waals surface area contributed by atoms with Crippen molar-refractivity contribution in [3.05, 3.63) is 23.8 Å². The fourth-order valence-electron chi connectivity index (χ4n) is 1.47. The van der Waals surface area contributed by atoms with Gasteiger partial charge in [0.05, 0.1) is 0 Å². The summed E-state index contributed by atoms with van der Waals surface area (Å²) in [4.78, 5) is 1.44. The predicted molar refractivity (Wildman–Crippen MR) is 86.1 cm³/mol. The predicted octanol–water partition coefficient (Wildman–Crippen LogP) is 2.22. The average molecular weight is 302 g/mol. The minimum absolute atomic E-state index is 0.0853. The van der Waals surface area contributed by atoms with Gasteiger partial charge in [-0.05, 0) is 25.3 Å². The number of hydrogen-bond donors (Lipinski definition) is 2. The first-order chi connectivity index (χ1) is 8.47. The molecule has 6 heteroatoms. The lowest BCUT2D eigenvalue weighted by atomic mass is 10.1. The number of nitrogens with one attached hydrogen (secondary N) is 1. The molecule has 2 unspecified atom stereocenters. The Hall–Kier alpha value is -0.590. The van der Waals surface area contributed by atoms with Gasteiger partial charge in [-0.25, -0.2) is 0 Å². The Bertz CT molecular complexity index is 463. The molecule has 2 atom stereocenters. The smallest absolute Gasteiger partial charge is 0.107 e. The van der Waals surface area contributed by atoms with Crippen LogP contribution in [-0.4, -0.2) is 33.5 Å². The topological polar surface area (TPSA) is 55.1 Å². The molecule has 0 aliphatic rings. The largest absolute Gasteiger partial charge is 0.389 e. The standard InChI is InChI=1S/C12H18N2OS3/c1-8(18(3)15)7-14-9-5-4-6-10(17-2)11(9)12(13)16/h4-6,8,14H,7H2,1-3H3,(H2,13,16). The Labute approximate surface area is 120 Å². The van der Waals surface area contributed by atoms with Gasteiger partial charge in [0.2, 0.25) is 0 Å². The first kappa shape index (κ1) is 15.5. The van der Waals surface area contributed by atoms with Crippen LogP contribution in [0.15, 0.2) is 23.1 Å². The third kappa shape index (κ3) is 3.96. The van der Waals surface area contributed by atoms with E-state index in [4.69, 9.17) is 18.0 Å². The summed E-state index contributed by atoms with van der Waals surface area (Å²) in [6.45, 7) is 2.58. The highest BCUT2D eigenvalue weighted by molar-refractivity contribution is 7.98. The molecular weight excluding hydrogens is 284 g/mol. The summed E-state index contributed by atoms with van der Waals surface area (Å²) in [7, 11) is -0.840. The zero-order valence-corrected chi connectivity index (χ0v) is 13.2. The summed E-state index contributed by atoms with van der Waals surface area (Å²) >= 11 is 6.71. The Balaban J connectivity index is 2.95. The highest BCUT2D eigenvalue weighted by atomic mass is 32.2. The Morgan fingerprint density at radius 3 is 2.78 bits per heavy atom. The van der Waals surface area contributed by atoms with Gasteiger partial charge in [0.25, 0.3) is 0 Å². The lowest BCUT2D eigenvalue weighted by Gasteiger charge is -2.16. The van der Waals surface area contributed by atoms with E-state index >= 15 is 0 Å². The summed E-state index contributed by atoms with van der Waals surface area (Å²) in [5.41, 5.74) is 7.55. The van der Waals surface area contributed by atoms with Gasteiger partial charge in [-0.2, -0.15) is 0 Å². The van der Waals surface area contributed by atoms with E-state index in [0.29, 0.717) is 11.5 Å². The zero-order chi connectivity index (χ0) is 13.7. The van der Waals surface area contributed by atoms with E-state index in [1.807, 2.05) is 31.4 Å². The van der Waals surface area contributed by atoms with Crippen LogP contribution in [0.5, 0.6) is 0 Å². The molecule has 0 saturated carbocycles. The summed E-state index contributed by atoms with van der Waals surface area (Å²) in [6, 6.07) is 5.90. The minimum Gasteiger partial charge on any atom is -0.389 e. The maximum absolute atomic E-state index is 11.3. The first-order valence-electron chi connectivity index (χ1n) is 5.50. The molecule has 0 fully saturated rings. The molecule has 0 aliphatic heterocycles. The molecule has 0 saturated heterocycles. The van der Waals surface area contributed by atoms with Crippen molar-refractivity contribution in [3.63, 3.8) is 0 Å². The van der Waals surface area contributed by atoms with Crippen LogP contribution in [-0.2, 0) is 10.8 Å². The van der Waals surface area contributed by atoms with Gasteiger partial charge in [-0.3, -0.25) is 4.21 Å². The van der Waals surface area contributed by atoms with Crippen molar-refractivity contribution >= 4 is 45.5 Å². The van der Waals surface area contributed by atoms with Crippen molar-refractivity contribution in [3.8, 4) is 0 Å². The van der Waals surface area contributed by atoms with Crippen LogP contribution < -0.4 is 11.1 Å². The molecule has 0 radical (unpaired) electrons. The van der Waals surface area contributed by atoms with Gasteiger partial charge in [0, 0.05) is 45.0 Å². The quantitative estimate of drug-likeness (QED) is 0.623. The molecule has 0 aliphatic carbocycles. The van der Waals surface area contributed by atoms with E-state index in [2.05, 4.69) is 5.32 Å². The Morgan fingerprint density at radius 1 is 1.61 bits per heavy atom. The second-order valence-corrected chi connectivity index (χ2v) is 7.03. The number of rotatable bonds is 6. The van der Waals surface area contributed by atoms with Crippen LogP contribution in [0.1, 0.15) is 12.5 Å². The molecule has 100 valence electrons. The number of anilines is 1. The van der Waals surface area contributed by atoms with Gasteiger partial charge < -0.3 is 11.1 Å². The fourth-order valence-corrected chi connectivity index (χ4v) is 2.71. The highest BCUT2D eigenvalue weighted by Gasteiger charge is 2.12. The molecule has 1 aromatic rings. The van der Waals surface area contributed by atoms with Crippen LogP contribution in [0.4, 0.5) is 5.69 Å². The maximum atomic E-state index is 11.3. The van der Waals surface area contributed by atoms with Gasteiger partial charge >= 0.3 is 0 Å². The maximum Gasteiger partial charge on any atom is 0.107 e. The summed E-state index contributed by atoms with van der Waals surface area (Å²) in [5.74, 6) is 0. The van der Waals surface area contributed by atoms with Crippen molar-refractivity contribution in [2.45, 2.75) is 17.1 Å². The van der Waals surface area contributed by atoms with E-state index in [1.165, 1.54) is 0 Å². The SMILES string of the molecule is CSc1cccc(NCC(C)S(C)=O)c1C(N)=S. The van der Waals surface area contributed by atoms with E-state index in [1.54, 1.807) is 18.0 Å². The number of benzene rings is 1. The molecule has 0 aromatic heterocycles. The lowest BCUT2D eigenvalue weighted by Crippen LogP contribution is -2.22. The molecule has 3 nitrogen and oxygen atoms in total. The van der Waals surface area contributed by atoms with E-state index in [9.17, 15) is 4.21 Å². The second-order valence-electron chi connectivity index (χ2n) is 3.94.